The molecule has 0 unspecified atom stereocenters. The molecule has 7 heteroatoms. The lowest BCUT2D eigenvalue weighted by Crippen LogP contribution is -2.59. The summed E-state index contributed by atoms with van der Waals surface area (Å²) in [5.41, 5.74) is -1.18. The van der Waals surface area contributed by atoms with Gasteiger partial charge in [0, 0.05) is 45.4 Å². The molecule has 0 bridgehead atoms. The molecule has 1 saturated heterocycles. The van der Waals surface area contributed by atoms with Crippen molar-refractivity contribution < 1.29 is 19.4 Å². The third-order valence-corrected chi connectivity index (χ3v) is 3.67. The summed E-state index contributed by atoms with van der Waals surface area (Å²) in [6.07, 6.45) is 2.58. The quantitative estimate of drug-likeness (QED) is 0.770. The van der Waals surface area contributed by atoms with E-state index in [1.54, 1.807) is 18.8 Å². The zero-order valence-corrected chi connectivity index (χ0v) is 11.6. The first kappa shape index (κ1) is 15.1. The van der Waals surface area contributed by atoms with E-state index in [2.05, 4.69) is 5.32 Å². The molecule has 0 aromatic rings. The van der Waals surface area contributed by atoms with Gasteiger partial charge in [0.1, 0.15) is 5.54 Å². The lowest BCUT2D eigenvalue weighted by Gasteiger charge is -2.35. The minimum Gasteiger partial charge on any atom is -0.480 e. The molecule has 0 aromatic carbocycles. The molecule has 1 rings (SSSR count). The van der Waals surface area contributed by atoms with Crippen molar-refractivity contribution in [1.82, 2.24) is 10.2 Å². The van der Waals surface area contributed by atoms with Gasteiger partial charge in [-0.15, -0.1) is 0 Å². The van der Waals surface area contributed by atoms with Crippen molar-refractivity contribution in [3.8, 4) is 0 Å². The Kier molecular flexibility index (Phi) is 5.74. The average molecular weight is 276 g/mol. The molecule has 0 saturated carbocycles. The molecule has 104 valence electrons. The summed E-state index contributed by atoms with van der Waals surface area (Å²) in [4.78, 5) is 24.8. The predicted molar refractivity (Wildman–Crippen MR) is 70.0 cm³/mol. The maximum atomic E-state index is 11.9. The number of urea groups is 1. The van der Waals surface area contributed by atoms with Crippen LogP contribution < -0.4 is 5.32 Å². The Balaban J connectivity index is 2.60. The Morgan fingerprint density at radius 3 is 2.56 bits per heavy atom. The molecule has 18 heavy (non-hydrogen) atoms. The SMILES string of the molecule is CSCCN(C)C(=O)NC1(C(=O)O)CCOCC1. The summed E-state index contributed by atoms with van der Waals surface area (Å²) in [6, 6.07) is -0.339. The molecule has 1 aliphatic rings. The number of nitrogens with zero attached hydrogens (tertiary/aromatic N) is 1. The second-order valence-electron chi connectivity index (χ2n) is 4.34. The van der Waals surface area contributed by atoms with Crippen molar-refractivity contribution in [2.45, 2.75) is 18.4 Å². The number of aliphatic carboxylic acids is 1. The van der Waals surface area contributed by atoms with Gasteiger partial charge < -0.3 is 20.1 Å². The Bertz CT molecular complexity index is 305. The Labute approximate surface area is 111 Å². The van der Waals surface area contributed by atoms with Gasteiger partial charge in [0.25, 0.3) is 0 Å². The van der Waals surface area contributed by atoms with Gasteiger partial charge in [-0.1, -0.05) is 0 Å². The topological polar surface area (TPSA) is 78.9 Å². The van der Waals surface area contributed by atoms with Crippen molar-refractivity contribution in [2.75, 3.05) is 38.8 Å². The van der Waals surface area contributed by atoms with Crippen LogP contribution in [0.15, 0.2) is 0 Å². The van der Waals surface area contributed by atoms with E-state index in [-0.39, 0.29) is 6.03 Å². The highest BCUT2D eigenvalue weighted by Gasteiger charge is 2.42. The second-order valence-corrected chi connectivity index (χ2v) is 5.33. The summed E-state index contributed by atoms with van der Waals surface area (Å²) < 4.78 is 5.15. The molecule has 0 aromatic heterocycles. The van der Waals surface area contributed by atoms with Gasteiger partial charge in [-0.3, -0.25) is 0 Å². The number of rotatable bonds is 5. The number of hydrogen-bond acceptors (Lipinski definition) is 4. The third kappa shape index (κ3) is 3.78. The predicted octanol–water partition coefficient (Wildman–Crippen LogP) is 0.625. The molecule has 1 aliphatic heterocycles. The largest absolute Gasteiger partial charge is 0.480 e. The Morgan fingerprint density at radius 2 is 2.06 bits per heavy atom. The molecule has 0 spiro atoms. The van der Waals surface area contributed by atoms with E-state index < -0.39 is 11.5 Å². The van der Waals surface area contributed by atoms with Crippen molar-refractivity contribution in [3.05, 3.63) is 0 Å². The molecule has 1 fully saturated rings. The van der Waals surface area contributed by atoms with Gasteiger partial charge in [-0.25, -0.2) is 9.59 Å². The van der Waals surface area contributed by atoms with E-state index >= 15 is 0 Å². The maximum absolute atomic E-state index is 11.9. The summed E-state index contributed by atoms with van der Waals surface area (Å²) >= 11 is 1.64. The molecule has 0 aliphatic carbocycles. The monoisotopic (exact) mass is 276 g/mol. The minimum absolute atomic E-state index is 0.310. The van der Waals surface area contributed by atoms with Crippen LogP contribution in [0, 0.1) is 0 Å². The number of carbonyl (C=O) groups is 2. The highest BCUT2D eigenvalue weighted by molar-refractivity contribution is 7.98. The first-order valence-electron chi connectivity index (χ1n) is 5.85. The van der Waals surface area contributed by atoms with Gasteiger partial charge in [0.15, 0.2) is 0 Å². The number of hydrogen-bond donors (Lipinski definition) is 2. The van der Waals surface area contributed by atoms with Gasteiger partial charge in [-0.2, -0.15) is 11.8 Å². The van der Waals surface area contributed by atoms with Crippen molar-refractivity contribution >= 4 is 23.8 Å². The summed E-state index contributed by atoms with van der Waals surface area (Å²) in [5, 5.41) is 11.9. The number of carboxylic acid groups (broad SMARTS) is 1. The fourth-order valence-electron chi connectivity index (χ4n) is 1.74. The van der Waals surface area contributed by atoms with Crippen LogP contribution in [0.5, 0.6) is 0 Å². The van der Waals surface area contributed by atoms with Crippen LogP contribution in [0.3, 0.4) is 0 Å². The molecule has 6 nitrogen and oxygen atoms in total. The number of carbonyl (C=O) groups excluding carboxylic acids is 1. The highest BCUT2D eigenvalue weighted by atomic mass is 32.2. The second kappa shape index (κ2) is 6.84. The van der Waals surface area contributed by atoms with E-state index in [4.69, 9.17) is 4.74 Å². The molecule has 2 N–H and O–H groups in total. The van der Waals surface area contributed by atoms with E-state index in [0.717, 1.165) is 5.75 Å². The zero-order chi connectivity index (χ0) is 13.6. The first-order valence-corrected chi connectivity index (χ1v) is 7.24. The van der Waals surface area contributed by atoms with Crippen LogP contribution in [-0.4, -0.2) is 66.4 Å². The van der Waals surface area contributed by atoms with Crippen molar-refractivity contribution in [2.24, 2.45) is 0 Å². The minimum atomic E-state index is -1.18. The van der Waals surface area contributed by atoms with Crippen LogP contribution >= 0.6 is 11.8 Å². The van der Waals surface area contributed by atoms with Crippen molar-refractivity contribution in [3.63, 3.8) is 0 Å². The Hall–Kier alpha value is -0.950. The van der Waals surface area contributed by atoms with E-state index in [1.807, 2.05) is 6.26 Å². The zero-order valence-electron chi connectivity index (χ0n) is 10.8. The van der Waals surface area contributed by atoms with Crippen LogP contribution in [0.25, 0.3) is 0 Å². The van der Waals surface area contributed by atoms with Gasteiger partial charge in [0.05, 0.1) is 0 Å². The van der Waals surface area contributed by atoms with Gasteiger partial charge in [0.2, 0.25) is 0 Å². The smallest absolute Gasteiger partial charge is 0.329 e. The lowest BCUT2D eigenvalue weighted by molar-refractivity contribution is -0.148. The fraction of sp³-hybridized carbons (Fsp3) is 0.818. The summed E-state index contributed by atoms with van der Waals surface area (Å²) in [6.45, 7) is 1.32. The van der Waals surface area contributed by atoms with Gasteiger partial charge in [-0.05, 0) is 6.26 Å². The van der Waals surface area contributed by atoms with E-state index in [1.165, 1.54) is 4.90 Å². The van der Waals surface area contributed by atoms with Gasteiger partial charge >= 0.3 is 12.0 Å². The summed E-state index contributed by atoms with van der Waals surface area (Å²) in [7, 11) is 1.67. The normalized spacial score (nSPS) is 18.1. The van der Waals surface area contributed by atoms with Crippen LogP contribution in [0.4, 0.5) is 4.79 Å². The molecule has 1 heterocycles. The molecule has 0 radical (unpaired) electrons. The maximum Gasteiger partial charge on any atom is 0.329 e. The van der Waals surface area contributed by atoms with E-state index in [9.17, 15) is 14.7 Å². The highest BCUT2D eigenvalue weighted by Crippen LogP contribution is 2.21. The summed E-state index contributed by atoms with van der Waals surface area (Å²) in [5.74, 6) is -0.162. The van der Waals surface area contributed by atoms with Crippen LogP contribution in [-0.2, 0) is 9.53 Å². The number of amides is 2. The van der Waals surface area contributed by atoms with Crippen LogP contribution in [0.1, 0.15) is 12.8 Å². The molecule has 0 atom stereocenters. The lowest BCUT2D eigenvalue weighted by atomic mass is 9.90. The number of nitrogens with one attached hydrogen (secondary N) is 1. The standard InChI is InChI=1S/C11H20N2O4S/c1-13(5-8-18-2)10(16)12-11(9(14)15)3-6-17-7-4-11/h3-8H2,1-2H3,(H,12,16)(H,14,15). The number of ether oxygens (including phenoxy) is 1. The van der Waals surface area contributed by atoms with E-state index in [0.29, 0.717) is 32.6 Å². The number of thioether (sulfide) groups is 1. The fourth-order valence-corrected chi connectivity index (χ4v) is 2.20. The third-order valence-electron chi connectivity index (χ3n) is 3.08. The van der Waals surface area contributed by atoms with Crippen molar-refractivity contribution in [1.29, 1.82) is 0 Å². The van der Waals surface area contributed by atoms with Crippen LogP contribution in [0.2, 0.25) is 0 Å². The average Bonchev–Trinajstić information content (AvgIpc) is 2.36. The molecule has 2 amide bonds. The molecular weight excluding hydrogens is 256 g/mol. The number of carboxylic acids is 1. The molecular formula is C11H20N2O4S. The first-order chi connectivity index (χ1) is 8.52. The Morgan fingerprint density at radius 1 is 1.44 bits per heavy atom.